The molecule has 0 aliphatic carbocycles. The van der Waals surface area contributed by atoms with Crippen LogP contribution in [-0.2, 0) is 6.42 Å². The maximum absolute atomic E-state index is 8.53. The summed E-state index contributed by atoms with van der Waals surface area (Å²) >= 11 is 0. The van der Waals surface area contributed by atoms with Crippen LogP contribution in [0.15, 0.2) is 12.1 Å². The molecule has 0 bridgehead atoms. The van der Waals surface area contributed by atoms with Crippen molar-refractivity contribution in [2.75, 3.05) is 21.3 Å². The summed E-state index contributed by atoms with van der Waals surface area (Å²) in [5, 5.41) is 8.53. The summed E-state index contributed by atoms with van der Waals surface area (Å²) in [6.45, 7) is 0. The SMILES string of the molecule is COc1cc(OC)c(OC)cc1CCCC#N. The first-order chi connectivity index (χ1) is 8.26. The van der Waals surface area contributed by atoms with Crippen LogP contribution in [0.25, 0.3) is 0 Å². The van der Waals surface area contributed by atoms with E-state index in [1.165, 1.54) is 0 Å². The largest absolute Gasteiger partial charge is 0.496 e. The van der Waals surface area contributed by atoms with Crippen LogP contribution in [0.4, 0.5) is 0 Å². The van der Waals surface area contributed by atoms with Crippen molar-refractivity contribution in [2.45, 2.75) is 19.3 Å². The second-order valence-electron chi connectivity index (χ2n) is 3.53. The van der Waals surface area contributed by atoms with Crippen molar-refractivity contribution >= 4 is 0 Å². The molecule has 0 N–H and O–H groups in total. The van der Waals surface area contributed by atoms with E-state index in [4.69, 9.17) is 19.5 Å². The van der Waals surface area contributed by atoms with Crippen LogP contribution < -0.4 is 14.2 Å². The second-order valence-corrected chi connectivity index (χ2v) is 3.53. The predicted octanol–water partition coefficient (Wildman–Crippen LogP) is 2.56. The van der Waals surface area contributed by atoms with Gasteiger partial charge in [-0.15, -0.1) is 0 Å². The third-order valence-electron chi connectivity index (χ3n) is 2.52. The molecule has 17 heavy (non-hydrogen) atoms. The fraction of sp³-hybridized carbons (Fsp3) is 0.462. The number of benzene rings is 1. The third kappa shape index (κ3) is 3.28. The Hall–Kier alpha value is -1.89. The molecule has 0 aliphatic rings. The van der Waals surface area contributed by atoms with E-state index in [0.717, 1.165) is 24.2 Å². The van der Waals surface area contributed by atoms with Crippen LogP contribution >= 0.6 is 0 Å². The van der Waals surface area contributed by atoms with Crippen molar-refractivity contribution in [3.05, 3.63) is 17.7 Å². The maximum atomic E-state index is 8.53. The minimum atomic E-state index is 0.539. The van der Waals surface area contributed by atoms with E-state index in [2.05, 4.69) is 6.07 Å². The number of unbranched alkanes of at least 4 members (excludes halogenated alkanes) is 1. The Bertz CT molecular complexity index is 410. The topological polar surface area (TPSA) is 51.5 Å². The molecule has 0 aromatic heterocycles. The summed E-state index contributed by atoms with van der Waals surface area (Å²) in [6, 6.07) is 5.83. The molecular formula is C13H17NO3. The molecule has 0 spiro atoms. The molecule has 1 rings (SSSR count). The van der Waals surface area contributed by atoms with E-state index >= 15 is 0 Å². The smallest absolute Gasteiger partial charge is 0.164 e. The molecule has 0 fully saturated rings. The van der Waals surface area contributed by atoms with Crippen molar-refractivity contribution in [3.8, 4) is 23.3 Å². The Kier molecular flexibility index (Phi) is 5.15. The van der Waals surface area contributed by atoms with Gasteiger partial charge in [0.2, 0.25) is 0 Å². The monoisotopic (exact) mass is 235 g/mol. The van der Waals surface area contributed by atoms with Gasteiger partial charge in [-0.1, -0.05) is 0 Å². The van der Waals surface area contributed by atoms with Crippen molar-refractivity contribution in [2.24, 2.45) is 0 Å². The summed E-state index contributed by atoms with van der Waals surface area (Å²) in [7, 11) is 4.81. The van der Waals surface area contributed by atoms with Crippen LogP contribution in [0.2, 0.25) is 0 Å². The first-order valence-corrected chi connectivity index (χ1v) is 5.42. The van der Waals surface area contributed by atoms with Crippen molar-refractivity contribution in [3.63, 3.8) is 0 Å². The van der Waals surface area contributed by atoms with Crippen LogP contribution in [0, 0.1) is 11.3 Å². The lowest BCUT2D eigenvalue weighted by atomic mass is 10.1. The second kappa shape index (κ2) is 6.64. The van der Waals surface area contributed by atoms with E-state index in [0.29, 0.717) is 17.9 Å². The Morgan fingerprint density at radius 1 is 1.00 bits per heavy atom. The van der Waals surface area contributed by atoms with Crippen molar-refractivity contribution in [1.82, 2.24) is 0 Å². The summed E-state index contributed by atoms with van der Waals surface area (Å²) in [5.41, 5.74) is 1.03. The summed E-state index contributed by atoms with van der Waals surface area (Å²) in [4.78, 5) is 0. The summed E-state index contributed by atoms with van der Waals surface area (Å²) in [5.74, 6) is 2.09. The van der Waals surface area contributed by atoms with Gasteiger partial charge in [0.15, 0.2) is 11.5 Å². The standard InChI is InChI=1S/C13H17NO3/c1-15-11-9-13(17-3)12(16-2)8-10(11)6-4-5-7-14/h8-9H,4-6H2,1-3H3. The van der Waals surface area contributed by atoms with Gasteiger partial charge in [0.05, 0.1) is 27.4 Å². The minimum absolute atomic E-state index is 0.539. The maximum Gasteiger partial charge on any atom is 0.164 e. The highest BCUT2D eigenvalue weighted by Crippen LogP contribution is 2.35. The quantitative estimate of drug-likeness (QED) is 0.711. The highest BCUT2D eigenvalue weighted by Gasteiger charge is 2.11. The summed E-state index contributed by atoms with van der Waals surface area (Å²) in [6.07, 6.45) is 2.14. The molecule has 0 saturated heterocycles. The lowest BCUT2D eigenvalue weighted by molar-refractivity contribution is 0.347. The normalized spacial score (nSPS) is 9.53. The van der Waals surface area contributed by atoms with Crippen molar-refractivity contribution < 1.29 is 14.2 Å². The molecule has 4 heteroatoms. The van der Waals surface area contributed by atoms with Crippen LogP contribution in [0.5, 0.6) is 17.2 Å². The van der Waals surface area contributed by atoms with Gasteiger partial charge >= 0.3 is 0 Å². The zero-order chi connectivity index (χ0) is 12.7. The van der Waals surface area contributed by atoms with Crippen molar-refractivity contribution in [1.29, 1.82) is 5.26 Å². The number of nitrogens with zero attached hydrogens (tertiary/aromatic N) is 1. The van der Waals surface area contributed by atoms with E-state index < -0.39 is 0 Å². The lowest BCUT2D eigenvalue weighted by Gasteiger charge is -2.13. The Balaban J connectivity index is 2.98. The molecule has 0 radical (unpaired) electrons. The predicted molar refractivity (Wildman–Crippen MR) is 64.6 cm³/mol. The molecule has 0 atom stereocenters. The number of nitriles is 1. The van der Waals surface area contributed by atoms with Gasteiger partial charge in [0.1, 0.15) is 5.75 Å². The molecule has 0 unspecified atom stereocenters. The fourth-order valence-corrected chi connectivity index (χ4v) is 1.65. The van der Waals surface area contributed by atoms with E-state index in [1.54, 1.807) is 27.4 Å². The Morgan fingerprint density at radius 2 is 1.59 bits per heavy atom. The van der Waals surface area contributed by atoms with Gasteiger partial charge in [0.25, 0.3) is 0 Å². The first-order valence-electron chi connectivity index (χ1n) is 5.42. The van der Waals surface area contributed by atoms with Crippen LogP contribution in [-0.4, -0.2) is 21.3 Å². The zero-order valence-corrected chi connectivity index (χ0v) is 10.4. The van der Waals surface area contributed by atoms with E-state index in [1.807, 2.05) is 6.07 Å². The highest BCUT2D eigenvalue weighted by molar-refractivity contribution is 5.50. The Morgan fingerprint density at radius 3 is 2.12 bits per heavy atom. The fourth-order valence-electron chi connectivity index (χ4n) is 1.65. The highest BCUT2D eigenvalue weighted by atomic mass is 16.5. The van der Waals surface area contributed by atoms with Gasteiger partial charge in [-0.05, 0) is 24.5 Å². The van der Waals surface area contributed by atoms with E-state index in [9.17, 15) is 0 Å². The van der Waals surface area contributed by atoms with Crippen LogP contribution in [0.1, 0.15) is 18.4 Å². The number of ether oxygens (including phenoxy) is 3. The lowest BCUT2D eigenvalue weighted by Crippen LogP contribution is -1.97. The van der Waals surface area contributed by atoms with Gasteiger partial charge in [-0.2, -0.15) is 5.26 Å². The molecule has 4 nitrogen and oxygen atoms in total. The average molecular weight is 235 g/mol. The molecule has 0 saturated carbocycles. The molecule has 1 aromatic carbocycles. The summed E-state index contributed by atoms with van der Waals surface area (Å²) < 4.78 is 15.7. The number of hydrogen-bond donors (Lipinski definition) is 0. The van der Waals surface area contributed by atoms with Gasteiger partial charge in [0, 0.05) is 12.5 Å². The molecule has 1 aromatic rings. The first kappa shape index (κ1) is 13.2. The van der Waals surface area contributed by atoms with Crippen LogP contribution in [0.3, 0.4) is 0 Å². The molecular weight excluding hydrogens is 218 g/mol. The van der Waals surface area contributed by atoms with Gasteiger partial charge in [-0.25, -0.2) is 0 Å². The molecule has 0 amide bonds. The van der Waals surface area contributed by atoms with E-state index in [-0.39, 0.29) is 0 Å². The molecule has 92 valence electrons. The number of methoxy groups -OCH3 is 3. The van der Waals surface area contributed by atoms with Gasteiger partial charge in [-0.3, -0.25) is 0 Å². The zero-order valence-electron chi connectivity index (χ0n) is 10.4. The average Bonchev–Trinajstić information content (AvgIpc) is 2.38. The Labute approximate surface area is 102 Å². The number of aryl methyl sites for hydroxylation is 1. The molecule has 0 heterocycles. The number of hydrogen-bond acceptors (Lipinski definition) is 4. The molecule has 0 aliphatic heterocycles. The van der Waals surface area contributed by atoms with Gasteiger partial charge < -0.3 is 14.2 Å². The number of rotatable bonds is 6. The third-order valence-corrected chi connectivity index (χ3v) is 2.52. The minimum Gasteiger partial charge on any atom is -0.496 e.